The zero-order valence-corrected chi connectivity index (χ0v) is 9.46. The summed E-state index contributed by atoms with van der Waals surface area (Å²) < 4.78 is 5.86. The molecule has 0 spiro atoms. The van der Waals surface area contributed by atoms with E-state index in [9.17, 15) is 0 Å². The van der Waals surface area contributed by atoms with Gasteiger partial charge in [-0.3, -0.25) is 0 Å². The lowest BCUT2D eigenvalue weighted by Crippen LogP contribution is -2.40. The van der Waals surface area contributed by atoms with Crippen LogP contribution in [0.15, 0.2) is 0 Å². The molecule has 2 aliphatic rings. The van der Waals surface area contributed by atoms with Gasteiger partial charge < -0.3 is 10.1 Å². The monoisotopic (exact) mass is 197 g/mol. The molecule has 2 nitrogen and oxygen atoms in total. The van der Waals surface area contributed by atoms with Gasteiger partial charge in [0.2, 0.25) is 0 Å². The molecule has 0 radical (unpaired) electrons. The van der Waals surface area contributed by atoms with Crippen molar-refractivity contribution in [1.29, 1.82) is 0 Å². The lowest BCUT2D eigenvalue weighted by Gasteiger charge is -2.34. The van der Waals surface area contributed by atoms with Gasteiger partial charge in [-0.15, -0.1) is 0 Å². The highest BCUT2D eigenvalue weighted by molar-refractivity contribution is 4.85. The van der Waals surface area contributed by atoms with Crippen LogP contribution in [0.2, 0.25) is 0 Å². The summed E-state index contributed by atoms with van der Waals surface area (Å²) in [4.78, 5) is 0. The molecule has 1 aliphatic carbocycles. The molecule has 2 rings (SSSR count). The van der Waals surface area contributed by atoms with Crippen LogP contribution in [0.25, 0.3) is 0 Å². The van der Waals surface area contributed by atoms with Gasteiger partial charge in [0.25, 0.3) is 0 Å². The van der Waals surface area contributed by atoms with Gasteiger partial charge in [0, 0.05) is 19.2 Å². The molecule has 0 amide bonds. The first-order valence-electron chi connectivity index (χ1n) is 6.12. The smallest absolute Gasteiger partial charge is 0.0638 e. The largest absolute Gasteiger partial charge is 0.378 e. The normalized spacial score (nSPS) is 33.6. The zero-order chi connectivity index (χ0) is 9.97. The fraction of sp³-hybridized carbons (Fsp3) is 1.00. The average molecular weight is 197 g/mol. The Bertz CT molecular complexity index is 177. The van der Waals surface area contributed by atoms with Gasteiger partial charge in [-0.2, -0.15) is 0 Å². The lowest BCUT2D eigenvalue weighted by molar-refractivity contribution is -0.0516. The number of rotatable bonds is 4. The molecule has 1 saturated carbocycles. The summed E-state index contributed by atoms with van der Waals surface area (Å²) in [6, 6.07) is 0.838. The van der Waals surface area contributed by atoms with Gasteiger partial charge in [-0.05, 0) is 37.5 Å². The molecule has 0 aromatic rings. The van der Waals surface area contributed by atoms with E-state index in [0.29, 0.717) is 12.0 Å². The predicted octanol–water partition coefficient (Wildman–Crippen LogP) is 2.19. The molecule has 82 valence electrons. The van der Waals surface area contributed by atoms with Crippen LogP contribution < -0.4 is 5.32 Å². The topological polar surface area (TPSA) is 21.3 Å². The minimum Gasteiger partial charge on any atom is -0.378 e. The molecule has 14 heavy (non-hydrogen) atoms. The Kier molecular flexibility index (Phi) is 3.45. The Labute approximate surface area is 87.4 Å². The van der Waals surface area contributed by atoms with Crippen LogP contribution in [-0.2, 0) is 4.74 Å². The van der Waals surface area contributed by atoms with Crippen LogP contribution in [0.1, 0.15) is 39.5 Å². The highest BCUT2D eigenvalue weighted by Gasteiger charge is 2.30. The summed E-state index contributed by atoms with van der Waals surface area (Å²) in [5.74, 6) is 1.42. The van der Waals surface area contributed by atoms with Crippen molar-refractivity contribution < 1.29 is 4.74 Å². The van der Waals surface area contributed by atoms with Crippen molar-refractivity contribution in [1.82, 2.24) is 5.32 Å². The van der Waals surface area contributed by atoms with Crippen molar-refractivity contribution in [3.05, 3.63) is 0 Å². The standard InChI is InChI=1S/C12H23NO/c1-9(2)12-10(4-3-7-14-12)8-13-11-5-6-11/h9-13H,3-8H2,1-2H3. The second-order valence-corrected chi connectivity index (χ2v) is 5.16. The molecule has 0 aromatic carbocycles. The first-order chi connectivity index (χ1) is 6.77. The third-order valence-electron chi connectivity index (χ3n) is 3.40. The molecule has 1 N–H and O–H groups in total. The summed E-state index contributed by atoms with van der Waals surface area (Å²) in [5, 5.41) is 3.63. The molecular formula is C12H23NO. The zero-order valence-electron chi connectivity index (χ0n) is 9.46. The van der Waals surface area contributed by atoms with Crippen molar-refractivity contribution in [2.24, 2.45) is 11.8 Å². The summed E-state index contributed by atoms with van der Waals surface area (Å²) in [6.07, 6.45) is 5.87. The van der Waals surface area contributed by atoms with Crippen LogP contribution in [0.3, 0.4) is 0 Å². The van der Waals surface area contributed by atoms with Crippen LogP contribution in [0.4, 0.5) is 0 Å². The van der Waals surface area contributed by atoms with E-state index < -0.39 is 0 Å². The highest BCUT2D eigenvalue weighted by atomic mass is 16.5. The molecule has 1 saturated heterocycles. The molecule has 0 bridgehead atoms. The van der Waals surface area contributed by atoms with Crippen molar-refractivity contribution in [2.75, 3.05) is 13.2 Å². The Morgan fingerprint density at radius 1 is 1.29 bits per heavy atom. The quantitative estimate of drug-likeness (QED) is 0.746. The van der Waals surface area contributed by atoms with Gasteiger partial charge in [0.1, 0.15) is 0 Å². The Morgan fingerprint density at radius 3 is 2.71 bits per heavy atom. The van der Waals surface area contributed by atoms with Crippen molar-refractivity contribution in [3.8, 4) is 0 Å². The second kappa shape index (κ2) is 4.63. The van der Waals surface area contributed by atoms with E-state index in [4.69, 9.17) is 4.74 Å². The maximum Gasteiger partial charge on any atom is 0.0638 e. The van der Waals surface area contributed by atoms with Gasteiger partial charge in [-0.1, -0.05) is 13.8 Å². The Morgan fingerprint density at radius 2 is 2.07 bits per heavy atom. The SMILES string of the molecule is CC(C)C1OCCCC1CNC1CC1. The van der Waals surface area contributed by atoms with Gasteiger partial charge in [0.15, 0.2) is 0 Å². The first-order valence-corrected chi connectivity index (χ1v) is 6.12. The highest BCUT2D eigenvalue weighted by Crippen LogP contribution is 2.27. The molecule has 1 aliphatic heterocycles. The molecule has 2 unspecified atom stereocenters. The first kappa shape index (κ1) is 10.4. The van der Waals surface area contributed by atoms with Crippen LogP contribution in [0.5, 0.6) is 0 Å². The summed E-state index contributed by atoms with van der Waals surface area (Å²) in [6.45, 7) is 6.70. The van der Waals surface area contributed by atoms with E-state index >= 15 is 0 Å². The van der Waals surface area contributed by atoms with Crippen molar-refractivity contribution in [2.45, 2.75) is 51.7 Å². The Hall–Kier alpha value is -0.0800. The summed E-state index contributed by atoms with van der Waals surface area (Å²) in [5.41, 5.74) is 0. The molecule has 2 fully saturated rings. The lowest BCUT2D eigenvalue weighted by atomic mass is 9.87. The number of ether oxygens (including phenoxy) is 1. The van der Waals surface area contributed by atoms with E-state index in [1.54, 1.807) is 0 Å². The van der Waals surface area contributed by atoms with Crippen LogP contribution >= 0.6 is 0 Å². The minimum absolute atomic E-state index is 0.495. The fourth-order valence-electron chi connectivity index (χ4n) is 2.43. The van der Waals surface area contributed by atoms with E-state index in [-0.39, 0.29) is 0 Å². The van der Waals surface area contributed by atoms with Gasteiger partial charge in [-0.25, -0.2) is 0 Å². The fourth-order valence-corrected chi connectivity index (χ4v) is 2.43. The van der Waals surface area contributed by atoms with E-state index in [1.807, 2.05) is 0 Å². The number of hydrogen-bond acceptors (Lipinski definition) is 2. The van der Waals surface area contributed by atoms with Crippen LogP contribution in [0, 0.1) is 11.8 Å². The Balaban J connectivity index is 1.78. The number of nitrogens with one attached hydrogen (secondary N) is 1. The van der Waals surface area contributed by atoms with E-state index in [2.05, 4.69) is 19.2 Å². The van der Waals surface area contributed by atoms with Gasteiger partial charge >= 0.3 is 0 Å². The molecular weight excluding hydrogens is 174 g/mol. The van der Waals surface area contributed by atoms with Crippen molar-refractivity contribution >= 4 is 0 Å². The second-order valence-electron chi connectivity index (χ2n) is 5.16. The summed E-state index contributed by atoms with van der Waals surface area (Å²) in [7, 11) is 0. The maximum atomic E-state index is 5.86. The molecule has 2 atom stereocenters. The average Bonchev–Trinajstić information content (AvgIpc) is 2.98. The molecule has 0 aromatic heterocycles. The maximum absolute atomic E-state index is 5.86. The van der Waals surface area contributed by atoms with Crippen LogP contribution in [-0.4, -0.2) is 25.3 Å². The number of hydrogen-bond donors (Lipinski definition) is 1. The summed E-state index contributed by atoms with van der Waals surface area (Å²) >= 11 is 0. The third kappa shape index (κ3) is 2.71. The third-order valence-corrected chi connectivity index (χ3v) is 3.40. The predicted molar refractivity (Wildman–Crippen MR) is 58.3 cm³/mol. The van der Waals surface area contributed by atoms with E-state index in [1.165, 1.54) is 32.2 Å². The minimum atomic E-state index is 0.495. The molecule has 1 heterocycles. The van der Waals surface area contributed by atoms with Gasteiger partial charge in [0.05, 0.1) is 6.10 Å². The molecule has 2 heteroatoms. The van der Waals surface area contributed by atoms with E-state index in [0.717, 1.165) is 18.6 Å². The van der Waals surface area contributed by atoms with Crippen molar-refractivity contribution in [3.63, 3.8) is 0 Å².